The summed E-state index contributed by atoms with van der Waals surface area (Å²) in [6.07, 6.45) is 4.99. The van der Waals surface area contributed by atoms with Crippen LogP contribution in [0.2, 0.25) is 0 Å². The van der Waals surface area contributed by atoms with Gasteiger partial charge in [-0.25, -0.2) is 0 Å². The number of pyridine rings is 1. The molecule has 0 saturated carbocycles. The minimum Gasteiger partial charge on any atom is -0.746 e. The Balaban J connectivity index is 2.39. The average molecular weight is 306 g/mol. The smallest absolute Gasteiger partial charge is 0.317 e. The lowest BCUT2D eigenvalue weighted by Gasteiger charge is -2.32. The van der Waals surface area contributed by atoms with Crippen LogP contribution in [-0.2, 0) is 4.57 Å². The van der Waals surface area contributed by atoms with Gasteiger partial charge < -0.3 is 23.9 Å². The standard InChI is InChI=1S/C13H12N2O5P/c1-15-6-4-9-11-8(3-5-14-9)7-10(19-2)13(12(11)15)20-21(16,17)18/h3-7H,1H2,2H3,(H2,16,17,18)/q-1/p-1. The van der Waals surface area contributed by atoms with Gasteiger partial charge in [-0.3, -0.25) is 16.6 Å². The van der Waals surface area contributed by atoms with Crippen molar-refractivity contribution in [2.45, 2.75) is 0 Å². The molecule has 110 valence electrons. The second kappa shape index (κ2) is 4.73. The minimum atomic E-state index is -4.99. The maximum absolute atomic E-state index is 11.1. The Kier molecular flexibility index (Phi) is 3.13. The Morgan fingerprint density at radius 3 is 2.95 bits per heavy atom. The van der Waals surface area contributed by atoms with Crippen LogP contribution in [-0.4, -0.2) is 17.0 Å². The summed E-state index contributed by atoms with van der Waals surface area (Å²) in [5.74, 6) is 0.0446. The fourth-order valence-electron chi connectivity index (χ4n) is 2.30. The molecule has 1 aliphatic rings. The number of hydrogen-bond acceptors (Lipinski definition) is 6. The van der Waals surface area contributed by atoms with Gasteiger partial charge in [0.1, 0.15) is 0 Å². The summed E-state index contributed by atoms with van der Waals surface area (Å²) in [5, 5.41) is 1.45. The molecule has 0 radical (unpaired) electrons. The van der Waals surface area contributed by atoms with Gasteiger partial charge in [-0.05, 0) is 29.8 Å². The van der Waals surface area contributed by atoms with E-state index in [9.17, 15) is 9.46 Å². The van der Waals surface area contributed by atoms with Crippen LogP contribution >= 0.6 is 7.82 Å². The molecule has 0 bridgehead atoms. The Morgan fingerprint density at radius 2 is 2.29 bits per heavy atom. The third kappa shape index (κ3) is 2.35. The number of hydrogen-bond donors (Lipinski definition) is 1. The Hall–Kier alpha value is -2.08. The van der Waals surface area contributed by atoms with Crippen LogP contribution < -0.4 is 19.1 Å². The minimum absolute atomic E-state index is 0.126. The number of nitrogens with zero attached hydrogens (tertiary/aromatic N) is 2. The molecule has 2 heterocycles. The van der Waals surface area contributed by atoms with Crippen molar-refractivity contribution in [2.24, 2.45) is 0 Å². The van der Waals surface area contributed by atoms with Gasteiger partial charge in [0.15, 0.2) is 11.5 Å². The predicted molar refractivity (Wildman–Crippen MR) is 75.6 cm³/mol. The number of methoxy groups -OCH3 is 1. The molecule has 1 aromatic heterocycles. The number of anilines is 1. The van der Waals surface area contributed by atoms with E-state index in [-0.39, 0.29) is 11.5 Å². The van der Waals surface area contributed by atoms with E-state index in [0.29, 0.717) is 16.8 Å². The summed E-state index contributed by atoms with van der Waals surface area (Å²) in [6.45, 7) is 0. The summed E-state index contributed by atoms with van der Waals surface area (Å²) in [4.78, 5) is 25.8. The van der Waals surface area contributed by atoms with Crippen molar-refractivity contribution >= 4 is 30.4 Å². The molecule has 0 saturated heterocycles. The van der Waals surface area contributed by atoms with Gasteiger partial charge in [-0.1, -0.05) is 0 Å². The average Bonchev–Trinajstić information content (AvgIpc) is 2.42. The summed E-state index contributed by atoms with van der Waals surface area (Å²) in [6, 6.07) is 3.37. The van der Waals surface area contributed by atoms with Crippen molar-refractivity contribution in [1.82, 2.24) is 4.98 Å². The lowest BCUT2D eigenvalue weighted by Crippen LogP contribution is -2.14. The first kappa shape index (κ1) is 13.9. The van der Waals surface area contributed by atoms with Gasteiger partial charge >= 0.3 is 7.82 Å². The molecule has 1 atom stereocenters. The van der Waals surface area contributed by atoms with E-state index in [2.05, 4.69) is 12.0 Å². The lowest BCUT2D eigenvalue weighted by molar-refractivity contribution is -0.211. The molecule has 1 unspecified atom stereocenters. The highest BCUT2D eigenvalue weighted by molar-refractivity contribution is 7.45. The topological polar surface area (TPSA) is 95.0 Å². The van der Waals surface area contributed by atoms with Crippen molar-refractivity contribution in [3.63, 3.8) is 0 Å². The molecular formula is C13H11N2O5P-2. The first-order chi connectivity index (χ1) is 9.90. The number of benzene rings is 1. The molecule has 0 amide bonds. The van der Waals surface area contributed by atoms with Crippen molar-refractivity contribution in [2.75, 3.05) is 12.0 Å². The lowest BCUT2D eigenvalue weighted by atomic mass is 10.0. The first-order valence-corrected chi connectivity index (χ1v) is 7.41. The van der Waals surface area contributed by atoms with E-state index in [1.54, 1.807) is 30.6 Å². The number of phosphoric ester groups is 1. The predicted octanol–water partition coefficient (Wildman–Crippen LogP) is 1.67. The zero-order valence-electron chi connectivity index (χ0n) is 11.0. The van der Waals surface area contributed by atoms with Crippen LogP contribution in [0.15, 0.2) is 24.5 Å². The van der Waals surface area contributed by atoms with Crippen LogP contribution in [0.4, 0.5) is 5.69 Å². The highest BCUT2D eigenvalue weighted by Gasteiger charge is 2.22. The first-order valence-electron chi connectivity index (χ1n) is 5.92. The van der Waals surface area contributed by atoms with E-state index in [0.717, 1.165) is 5.39 Å². The molecule has 21 heavy (non-hydrogen) atoms. The zero-order valence-corrected chi connectivity index (χ0v) is 11.9. The van der Waals surface area contributed by atoms with Crippen molar-refractivity contribution < 1.29 is 23.6 Å². The summed E-state index contributed by atoms with van der Waals surface area (Å²) < 4.78 is 21.0. The number of phosphoric acid groups is 1. The van der Waals surface area contributed by atoms with E-state index in [1.807, 2.05) is 0 Å². The van der Waals surface area contributed by atoms with Gasteiger partial charge in [0, 0.05) is 11.6 Å². The van der Waals surface area contributed by atoms with Crippen LogP contribution in [0.3, 0.4) is 0 Å². The molecule has 1 N–H and O–H groups in total. The number of aromatic nitrogens is 1. The maximum Gasteiger partial charge on any atom is 0.317 e. The molecule has 8 heteroatoms. The normalized spacial score (nSPS) is 15.9. The quantitative estimate of drug-likeness (QED) is 0.680. The van der Waals surface area contributed by atoms with E-state index in [4.69, 9.17) is 14.2 Å². The van der Waals surface area contributed by atoms with E-state index >= 15 is 0 Å². The van der Waals surface area contributed by atoms with Crippen LogP contribution in [0.25, 0.3) is 16.8 Å². The molecule has 1 aliphatic heterocycles. The highest BCUT2D eigenvalue weighted by atomic mass is 31.2. The summed E-state index contributed by atoms with van der Waals surface area (Å²) in [7, 11) is 0.182. The van der Waals surface area contributed by atoms with Gasteiger partial charge in [-0.15, -0.1) is 0 Å². The van der Waals surface area contributed by atoms with Crippen molar-refractivity contribution in [3.05, 3.63) is 37.3 Å². The second-order valence-corrected chi connectivity index (χ2v) is 5.52. The molecule has 7 nitrogen and oxygen atoms in total. The summed E-state index contributed by atoms with van der Waals surface area (Å²) in [5.41, 5.74) is 1.01. The fourth-order valence-corrected chi connectivity index (χ4v) is 2.71. The van der Waals surface area contributed by atoms with Crippen molar-refractivity contribution in [3.8, 4) is 11.5 Å². The van der Waals surface area contributed by atoms with Crippen LogP contribution in [0, 0.1) is 7.05 Å². The fraction of sp³-hybridized carbons (Fsp3) is 0.0769. The zero-order chi connectivity index (χ0) is 15.2. The Morgan fingerprint density at radius 1 is 1.52 bits per heavy atom. The Labute approximate surface area is 120 Å². The molecule has 0 fully saturated rings. The monoisotopic (exact) mass is 306 g/mol. The largest absolute Gasteiger partial charge is 0.746 e. The SMILES string of the molecule is [CH2-]N1C=Cc2nccc3cc(OC)c(OP(=O)([O-])O)c1c23. The van der Waals surface area contributed by atoms with Gasteiger partial charge in [0.2, 0.25) is 0 Å². The van der Waals surface area contributed by atoms with Gasteiger partial charge in [0.05, 0.1) is 18.5 Å². The van der Waals surface area contributed by atoms with Crippen LogP contribution in [0.1, 0.15) is 5.69 Å². The maximum atomic E-state index is 11.1. The van der Waals surface area contributed by atoms with Gasteiger partial charge in [-0.2, -0.15) is 0 Å². The second-order valence-electron chi connectivity index (χ2n) is 4.40. The highest BCUT2D eigenvalue weighted by Crippen LogP contribution is 2.50. The third-order valence-electron chi connectivity index (χ3n) is 3.10. The third-order valence-corrected chi connectivity index (χ3v) is 3.51. The van der Waals surface area contributed by atoms with Gasteiger partial charge in [0.25, 0.3) is 0 Å². The molecule has 2 aromatic rings. The van der Waals surface area contributed by atoms with Crippen molar-refractivity contribution in [1.29, 1.82) is 0 Å². The molecular weight excluding hydrogens is 295 g/mol. The number of rotatable bonds is 3. The Bertz CT molecular complexity index is 799. The van der Waals surface area contributed by atoms with E-state index < -0.39 is 7.82 Å². The molecule has 3 rings (SSSR count). The number of ether oxygens (including phenoxy) is 1. The molecule has 1 aromatic carbocycles. The summed E-state index contributed by atoms with van der Waals surface area (Å²) >= 11 is 0. The molecule has 0 spiro atoms. The van der Waals surface area contributed by atoms with E-state index in [1.165, 1.54) is 12.0 Å². The van der Waals surface area contributed by atoms with Crippen LogP contribution in [0.5, 0.6) is 11.5 Å². The molecule has 0 aliphatic carbocycles.